The summed E-state index contributed by atoms with van der Waals surface area (Å²) in [6.07, 6.45) is 0. The summed E-state index contributed by atoms with van der Waals surface area (Å²) in [5, 5.41) is 0.724. The number of benzene rings is 5. The van der Waals surface area contributed by atoms with Crippen molar-refractivity contribution in [2.24, 2.45) is 0 Å². The minimum atomic E-state index is -0.386. The molecule has 0 saturated heterocycles. The Balaban J connectivity index is 1.72. The minimum Gasteiger partial charge on any atom is -0.0843 e. The Hall–Kier alpha value is -3.13. The molecule has 0 radical (unpaired) electrons. The second-order valence-electron chi connectivity index (χ2n) is 8.41. The maximum Gasteiger partial charge on any atom is 0.0713 e. The minimum absolute atomic E-state index is 0.386. The molecule has 158 valence electrons. The number of fused-ring (bicyclic) bond motifs is 3. The molecule has 0 saturated carbocycles. The zero-order chi connectivity index (χ0) is 22.4. The van der Waals surface area contributed by atoms with Crippen LogP contribution in [0.5, 0.6) is 0 Å². The average Bonchev–Trinajstić information content (AvgIpc) is 3.16. The summed E-state index contributed by atoms with van der Waals surface area (Å²) >= 11 is 9.96. The van der Waals surface area contributed by atoms with Gasteiger partial charge in [-0.05, 0) is 62.7 Å². The standard InChI is InChI=1S/C31H20BrCl/c32-30-20-24(33)16-18-25(30)21-15-17-27-26-13-7-8-14-28(26)31(29(27)19-21,22-9-3-1-4-10-22)23-11-5-2-6-12-23/h1-20H. The monoisotopic (exact) mass is 506 g/mol. The molecule has 0 fully saturated rings. The highest BCUT2D eigenvalue weighted by Gasteiger charge is 2.45. The van der Waals surface area contributed by atoms with Crippen molar-refractivity contribution >= 4 is 27.5 Å². The quantitative estimate of drug-likeness (QED) is 0.224. The highest BCUT2D eigenvalue weighted by atomic mass is 79.9. The normalized spacial score (nSPS) is 13.4. The molecule has 0 N–H and O–H groups in total. The fraction of sp³-hybridized carbons (Fsp3) is 0.0323. The second kappa shape index (κ2) is 8.02. The predicted molar refractivity (Wildman–Crippen MR) is 142 cm³/mol. The van der Waals surface area contributed by atoms with Crippen LogP contribution in [0.1, 0.15) is 22.3 Å². The van der Waals surface area contributed by atoms with E-state index in [0.29, 0.717) is 0 Å². The van der Waals surface area contributed by atoms with Crippen LogP contribution in [0.2, 0.25) is 5.02 Å². The van der Waals surface area contributed by atoms with E-state index in [0.717, 1.165) is 15.1 Å². The van der Waals surface area contributed by atoms with Gasteiger partial charge < -0.3 is 0 Å². The third kappa shape index (κ3) is 3.11. The summed E-state index contributed by atoms with van der Waals surface area (Å²) < 4.78 is 0.996. The lowest BCUT2D eigenvalue weighted by Crippen LogP contribution is -2.28. The predicted octanol–water partition coefficient (Wildman–Crippen LogP) is 9.13. The molecule has 0 aliphatic heterocycles. The van der Waals surface area contributed by atoms with Crippen LogP contribution in [0.3, 0.4) is 0 Å². The molecule has 6 rings (SSSR count). The molecule has 5 aromatic rings. The van der Waals surface area contributed by atoms with Crippen LogP contribution in [0.15, 0.2) is 126 Å². The van der Waals surface area contributed by atoms with Crippen molar-refractivity contribution in [1.82, 2.24) is 0 Å². The highest BCUT2D eigenvalue weighted by molar-refractivity contribution is 9.10. The maximum absolute atomic E-state index is 6.23. The van der Waals surface area contributed by atoms with Gasteiger partial charge in [-0.25, -0.2) is 0 Å². The first kappa shape index (κ1) is 20.5. The van der Waals surface area contributed by atoms with Gasteiger partial charge in [0.2, 0.25) is 0 Å². The topological polar surface area (TPSA) is 0 Å². The van der Waals surface area contributed by atoms with Gasteiger partial charge in [-0.2, -0.15) is 0 Å². The van der Waals surface area contributed by atoms with Gasteiger partial charge in [-0.3, -0.25) is 0 Å². The smallest absolute Gasteiger partial charge is 0.0713 e. The maximum atomic E-state index is 6.23. The molecule has 1 aliphatic carbocycles. The van der Waals surface area contributed by atoms with Crippen LogP contribution < -0.4 is 0 Å². The molecular formula is C31H20BrCl. The van der Waals surface area contributed by atoms with Gasteiger partial charge in [0.1, 0.15) is 0 Å². The van der Waals surface area contributed by atoms with Gasteiger partial charge in [0.05, 0.1) is 5.41 Å². The fourth-order valence-electron chi connectivity index (χ4n) is 5.34. The summed E-state index contributed by atoms with van der Waals surface area (Å²) in [6, 6.07) is 43.4. The third-order valence-electron chi connectivity index (χ3n) is 6.70. The number of rotatable bonds is 3. The molecule has 0 bridgehead atoms. The van der Waals surface area contributed by atoms with E-state index in [4.69, 9.17) is 11.6 Å². The van der Waals surface area contributed by atoms with Gasteiger partial charge in [0, 0.05) is 9.50 Å². The van der Waals surface area contributed by atoms with Gasteiger partial charge in [-0.15, -0.1) is 0 Å². The van der Waals surface area contributed by atoms with Crippen molar-refractivity contribution in [3.8, 4) is 22.3 Å². The summed E-state index contributed by atoms with van der Waals surface area (Å²) in [5.41, 5.74) is 9.67. The van der Waals surface area contributed by atoms with E-state index < -0.39 is 0 Å². The molecule has 0 amide bonds. The molecular weight excluding hydrogens is 488 g/mol. The first-order valence-corrected chi connectivity index (χ1v) is 12.2. The van der Waals surface area contributed by atoms with E-state index in [1.54, 1.807) is 0 Å². The SMILES string of the molecule is Clc1ccc(-c2ccc3c(c2)C(c2ccccc2)(c2ccccc2)c2ccccc2-3)c(Br)c1. The molecule has 2 heteroatoms. The van der Waals surface area contributed by atoms with Crippen LogP contribution >= 0.6 is 27.5 Å². The van der Waals surface area contributed by atoms with Gasteiger partial charge >= 0.3 is 0 Å². The molecule has 0 nitrogen and oxygen atoms in total. The van der Waals surface area contributed by atoms with E-state index in [2.05, 4.69) is 125 Å². The van der Waals surface area contributed by atoms with Crippen LogP contribution in [0.4, 0.5) is 0 Å². The van der Waals surface area contributed by atoms with E-state index in [1.165, 1.54) is 38.9 Å². The number of hydrogen-bond donors (Lipinski definition) is 0. The summed E-state index contributed by atoms with van der Waals surface area (Å²) in [4.78, 5) is 0. The van der Waals surface area contributed by atoms with Crippen molar-refractivity contribution in [3.63, 3.8) is 0 Å². The molecule has 1 aliphatic rings. The molecule has 0 atom stereocenters. The molecule has 0 unspecified atom stereocenters. The Kier molecular flexibility index (Phi) is 4.98. The molecule has 0 heterocycles. The van der Waals surface area contributed by atoms with Gasteiger partial charge in [0.25, 0.3) is 0 Å². The van der Waals surface area contributed by atoms with E-state index in [-0.39, 0.29) is 5.41 Å². The average molecular weight is 508 g/mol. The van der Waals surface area contributed by atoms with Crippen LogP contribution in [0.25, 0.3) is 22.3 Å². The lowest BCUT2D eigenvalue weighted by atomic mass is 9.67. The Bertz CT molecular complexity index is 1430. The second-order valence-corrected chi connectivity index (χ2v) is 9.70. The first-order chi connectivity index (χ1) is 16.2. The van der Waals surface area contributed by atoms with Crippen LogP contribution in [-0.2, 0) is 5.41 Å². The van der Waals surface area contributed by atoms with Gasteiger partial charge in [0.15, 0.2) is 0 Å². The largest absolute Gasteiger partial charge is 0.0843 e. The zero-order valence-electron chi connectivity index (χ0n) is 17.8. The molecule has 5 aromatic carbocycles. The number of hydrogen-bond acceptors (Lipinski definition) is 0. The zero-order valence-corrected chi connectivity index (χ0v) is 20.1. The lowest BCUT2D eigenvalue weighted by Gasteiger charge is -2.34. The fourth-order valence-corrected chi connectivity index (χ4v) is 6.25. The van der Waals surface area contributed by atoms with E-state index in [1.807, 2.05) is 12.1 Å². The van der Waals surface area contributed by atoms with Crippen LogP contribution in [-0.4, -0.2) is 0 Å². The van der Waals surface area contributed by atoms with E-state index >= 15 is 0 Å². The van der Waals surface area contributed by atoms with Crippen molar-refractivity contribution in [3.05, 3.63) is 153 Å². The van der Waals surface area contributed by atoms with Crippen molar-refractivity contribution < 1.29 is 0 Å². The highest BCUT2D eigenvalue weighted by Crippen LogP contribution is 2.56. The Morgan fingerprint density at radius 2 is 1.09 bits per heavy atom. The number of halogens is 2. The first-order valence-electron chi connectivity index (χ1n) is 11.0. The summed E-state index contributed by atoms with van der Waals surface area (Å²) in [6.45, 7) is 0. The van der Waals surface area contributed by atoms with Crippen LogP contribution in [0, 0.1) is 0 Å². The Morgan fingerprint density at radius 3 is 1.76 bits per heavy atom. The third-order valence-corrected chi connectivity index (χ3v) is 7.59. The summed E-state index contributed by atoms with van der Waals surface area (Å²) in [7, 11) is 0. The molecule has 33 heavy (non-hydrogen) atoms. The van der Waals surface area contributed by atoms with Crippen molar-refractivity contribution in [2.45, 2.75) is 5.41 Å². The Labute approximate surface area is 207 Å². The Morgan fingerprint density at radius 1 is 0.515 bits per heavy atom. The summed E-state index contributed by atoms with van der Waals surface area (Å²) in [5.74, 6) is 0. The molecule has 0 aromatic heterocycles. The molecule has 0 spiro atoms. The lowest BCUT2D eigenvalue weighted by molar-refractivity contribution is 0.769. The van der Waals surface area contributed by atoms with Crippen molar-refractivity contribution in [1.29, 1.82) is 0 Å². The van der Waals surface area contributed by atoms with E-state index in [9.17, 15) is 0 Å². The van der Waals surface area contributed by atoms with Crippen molar-refractivity contribution in [2.75, 3.05) is 0 Å². The van der Waals surface area contributed by atoms with Gasteiger partial charge in [-0.1, -0.05) is 131 Å².